The Balaban J connectivity index is 1.26. The molecule has 0 saturated carbocycles. The molecule has 0 aromatic heterocycles. The van der Waals surface area contributed by atoms with E-state index in [1.165, 1.54) is 5.56 Å². The van der Waals surface area contributed by atoms with E-state index in [1.807, 2.05) is 12.1 Å². The summed E-state index contributed by atoms with van der Waals surface area (Å²) >= 11 is 3.34. The van der Waals surface area contributed by atoms with Crippen molar-refractivity contribution in [3.8, 4) is 11.5 Å². The van der Waals surface area contributed by atoms with Crippen molar-refractivity contribution in [1.29, 1.82) is 0 Å². The number of piperazine rings is 1. The summed E-state index contributed by atoms with van der Waals surface area (Å²) in [6.07, 6.45) is 0. The van der Waals surface area contributed by atoms with Gasteiger partial charge in [-0.15, -0.1) is 0 Å². The van der Waals surface area contributed by atoms with Crippen LogP contribution in [-0.4, -0.2) is 63.5 Å². The van der Waals surface area contributed by atoms with E-state index in [9.17, 15) is 8.42 Å². The van der Waals surface area contributed by atoms with Crippen LogP contribution in [0.15, 0.2) is 51.8 Å². The van der Waals surface area contributed by atoms with E-state index in [-0.39, 0.29) is 5.75 Å². The van der Waals surface area contributed by atoms with Gasteiger partial charge in [0.05, 0.1) is 10.6 Å². The third-order valence-corrected chi connectivity index (χ3v) is 7.40. The van der Waals surface area contributed by atoms with Crippen LogP contribution in [0.1, 0.15) is 5.56 Å². The number of rotatable bonds is 6. The van der Waals surface area contributed by atoms with Crippen LogP contribution >= 0.6 is 15.9 Å². The maximum atomic E-state index is 12.5. The van der Waals surface area contributed by atoms with Crippen molar-refractivity contribution in [2.24, 2.45) is 0 Å². The summed E-state index contributed by atoms with van der Waals surface area (Å²) in [5.41, 5.74) is 1.20. The molecule has 4 rings (SSSR count). The molecule has 0 radical (unpaired) electrons. The van der Waals surface area contributed by atoms with Crippen molar-refractivity contribution in [2.75, 3.05) is 45.3 Å². The first-order chi connectivity index (χ1) is 13.5. The number of halogens is 1. The second-order valence-electron chi connectivity index (χ2n) is 7.08. The minimum atomic E-state index is -3.25. The minimum Gasteiger partial charge on any atom is -0.454 e. The first-order valence-electron chi connectivity index (χ1n) is 9.31. The van der Waals surface area contributed by atoms with Crippen LogP contribution in [0.25, 0.3) is 0 Å². The Kier molecular flexibility index (Phi) is 5.91. The zero-order chi connectivity index (χ0) is 19.6. The molecule has 0 N–H and O–H groups in total. The monoisotopic (exact) mass is 466 g/mol. The normalized spacial score (nSPS) is 17.8. The standard InChI is InChI=1S/C20H23BrN2O4S/c21-17-2-4-18(5-3-17)28(24,25)12-11-22-7-9-23(10-8-22)14-16-1-6-19-20(13-16)27-15-26-19/h1-6,13H,7-12,14-15H2. The Hall–Kier alpha value is -1.61. The number of sulfone groups is 1. The van der Waals surface area contributed by atoms with E-state index in [1.54, 1.807) is 24.3 Å². The highest BCUT2D eigenvalue weighted by molar-refractivity contribution is 9.10. The third-order valence-electron chi connectivity index (χ3n) is 5.16. The summed E-state index contributed by atoms with van der Waals surface area (Å²) in [6, 6.07) is 12.9. The molecule has 0 spiro atoms. The highest BCUT2D eigenvalue weighted by atomic mass is 79.9. The van der Waals surface area contributed by atoms with Gasteiger partial charge in [-0.25, -0.2) is 8.42 Å². The smallest absolute Gasteiger partial charge is 0.231 e. The predicted molar refractivity (Wildman–Crippen MR) is 110 cm³/mol. The molecule has 28 heavy (non-hydrogen) atoms. The molecule has 0 unspecified atom stereocenters. The minimum absolute atomic E-state index is 0.150. The molecule has 1 saturated heterocycles. The number of benzene rings is 2. The summed E-state index contributed by atoms with van der Waals surface area (Å²) in [6.45, 7) is 5.32. The quantitative estimate of drug-likeness (QED) is 0.652. The summed E-state index contributed by atoms with van der Waals surface area (Å²) in [4.78, 5) is 5.00. The molecule has 0 atom stereocenters. The summed E-state index contributed by atoms with van der Waals surface area (Å²) in [5, 5.41) is 0. The molecule has 0 aliphatic carbocycles. The van der Waals surface area contributed by atoms with Crippen LogP contribution < -0.4 is 9.47 Å². The summed E-state index contributed by atoms with van der Waals surface area (Å²) < 4.78 is 36.7. The van der Waals surface area contributed by atoms with Crippen molar-refractivity contribution in [3.05, 3.63) is 52.5 Å². The van der Waals surface area contributed by atoms with Gasteiger partial charge in [0.15, 0.2) is 21.3 Å². The zero-order valence-corrected chi connectivity index (χ0v) is 17.9. The van der Waals surface area contributed by atoms with Crippen molar-refractivity contribution >= 4 is 25.8 Å². The van der Waals surface area contributed by atoms with Crippen LogP contribution in [0.5, 0.6) is 11.5 Å². The van der Waals surface area contributed by atoms with E-state index in [2.05, 4.69) is 31.8 Å². The van der Waals surface area contributed by atoms with Gasteiger partial charge in [-0.1, -0.05) is 22.0 Å². The van der Waals surface area contributed by atoms with Crippen LogP contribution in [-0.2, 0) is 16.4 Å². The highest BCUT2D eigenvalue weighted by Gasteiger charge is 2.21. The Morgan fingerprint density at radius 3 is 2.32 bits per heavy atom. The van der Waals surface area contributed by atoms with Crippen molar-refractivity contribution < 1.29 is 17.9 Å². The molecule has 0 bridgehead atoms. The van der Waals surface area contributed by atoms with Crippen LogP contribution in [0.2, 0.25) is 0 Å². The fourth-order valence-electron chi connectivity index (χ4n) is 3.48. The van der Waals surface area contributed by atoms with Gasteiger partial charge >= 0.3 is 0 Å². The Bertz CT molecular complexity index is 926. The number of nitrogens with zero attached hydrogens (tertiary/aromatic N) is 2. The molecule has 8 heteroatoms. The zero-order valence-electron chi connectivity index (χ0n) is 15.5. The molecule has 2 aromatic rings. The number of fused-ring (bicyclic) bond motifs is 1. The van der Waals surface area contributed by atoms with Gasteiger partial charge in [-0.2, -0.15) is 0 Å². The van der Waals surface area contributed by atoms with Crippen molar-refractivity contribution in [3.63, 3.8) is 0 Å². The van der Waals surface area contributed by atoms with E-state index in [4.69, 9.17) is 9.47 Å². The number of hydrogen-bond acceptors (Lipinski definition) is 6. The van der Waals surface area contributed by atoms with Crippen molar-refractivity contribution in [1.82, 2.24) is 9.80 Å². The van der Waals surface area contributed by atoms with Gasteiger partial charge in [-0.05, 0) is 42.0 Å². The van der Waals surface area contributed by atoms with Crippen LogP contribution in [0, 0.1) is 0 Å². The number of hydrogen-bond donors (Lipinski definition) is 0. The molecule has 150 valence electrons. The first-order valence-corrected chi connectivity index (χ1v) is 11.8. The fourth-order valence-corrected chi connectivity index (χ4v) is 5.03. The van der Waals surface area contributed by atoms with E-state index >= 15 is 0 Å². The fraction of sp³-hybridized carbons (Fsp3) is 0.400. The van der Waals surface area contributed by atoms with Crippen LogP contribution in [0.4, 0.5) is 0 Å². The summed E-state index contributed by atoms with van der Waals surface area (Å²) in [5.74, 6) is 1.77. The maximum absolute atomic E-state index is 12.5. The first kappa shape index (κ1) is 19.7. The van der Waals surface area contributed by atoms with Gasteiger partial charge in [0.1, 0.15) is 0 Å². The van der Waals surface area contributed by atoms with E-state index < -0.39 is 9.84 Å². The lowest BCUT2D eigenvalue weighted by Gasteiger charge is -2.34. The molecular formula is C20H23BrN2O4S. The second kappa shape index (κ2) is 8.41. The molecule has 1 fully saturated rings. The molecular weight excluding hydrogens is 444 g/mol. The molecule has 2 aliphatic heterocycles. The third kappa shape index (κ3) is 4.68. The largest absolute Gasteiger partial charge is 0.454 e. The predicted octanol–water partition coefficient (Wildman–Crippen LogP) is 2.77. The molecule has 2 heterocycles. The van der Waals surface area contributed by atoms with Gasteiger partial charge in [-0.3, -0.25) is 9.80 Å². The van der Waals surface area contributed by atoms with E-state index in [0.29, 0.717) is 18.2 Å². The highest BCUT2D eigenvalue weighted by Crippen LogP contribution is 2.32. The lowest BCUT2D eigenvalue weighted by Crippen LogP contribution is -2.47. The maximum Gasteiger partial charge on any atom is 0.231 e. The average Bonchev–Trinajstić information content (AvgIpc) is 3.16. The SMILES string of the molecule is O=S(=O)(CCN1CCN(Cc2ccc3c(c2)OCO3)CC1)c1ccc(Br)cc1. The average molecular weight is 467 g/mol. The topological polar surface area (TPSA) is 59.1 Å². The molecule has 2 aromatic carbocycles. The lowest BCUT2D eigenvalue weighted by molar-refractivity contribution is 0.132. The number of ether oxygens (including phenoxy) is 2. The van der Waals surface area contributed by atoms with E-state index in [0.717, 1.165) is 48.7 Å². The van der Waals surface area contributed by atoms with Gasteiger partial charge in [0, 0.05) is 43.7 Å². The lowest BCUT2D eigenvalue weighted by atomic mass is 10.1. The molecule has 6 nitrogen and oxygen atoms in total. The second-order valence-corrected chi connectivity index (χ2v) is 10.1. The Morgan fingerprint density at radius 1 is 0.893 bits per heavy atom. The van der Waals surface area contributed by atoms with Gasteiger partial charge in [0.2, 0.25) is 6.79 Å². The van der Waals surface area contributed by atoms with Gasteiger partial charge in [0.25, 0.3) is 0 Å². The Labute approximate surface area is 174 Å². The van der Waals surface area contributed by atoms with Crippen LogP contribution in [0.3, 0.4) is 0 Å². The molecule has 2 aliphatic rings. The molecule has 0 amide bonds. The van der Waals surface area contributed by atoms with Crippen molar-refractivity contribution in [2.45, 2.75) is 11.4 Å². The summed E-state index contributed by atoms with van der Waals surface area (Å²) in [7, 11) is -3.25. The Morgan fingerprint density at radius 2 is 1.57 bits per heavy atom. The van der Waals surface area contributed by atoms with Gasteiger partial charge < -0.3 is 9.47 Å².